The monoisotopic (exact) mass is 320 g/mol. The number of rotatable bonds is 4. The molecule has 1 heterocycles. The van der Waals surface area contributed by atoms with E-state index in [2.05, 4.69) is 20.6 Å². The Hall–Kier alpha value is -3.41. The summed E-state index contributed by atoms with van der Waals surface area (Å²) in [5, 5.41) is 5.48. The highest BCUT2D eigenvalue weighted by atomic mass is 16.5. The molecular formula is C18H16N4O2. The van der Waals surface area contributed by atoms with Crippen LogP contribution in [0.3, 0.4) is 0 Å². The molecule has 0 radical (unpaired) electrons. The van der Waals surface area contributed by atoms with Crippen molar-refractivity contribution in [1.29, 1.82) is 0 Å². The van der Waals surface area contributed by atoms with Crippen LogP contribution >= 0.6 is 0 Å². The van der Waals surface area contributed by atoms with Crippen molar-refractivity contribution < 1.29 is 9.53 Å². The number of benzene rings is 2. The Kier molecular flexibility index (Phi) is 4.67. The van der Waals surface area contributed by atoms with Gasteiger partial charge in [0, 0.05) is 18.0 Å². The number of aromatic nitrogens is 2. The second-order valence-electron chi connectivity index (χ2n) is 4.94. The Balaban J connectivity index is 1.79. The van der Waals surface area contributed by atoms with Crippen LogP contribution in [0.1, 0.15) is 0 Å². The smallest absolute Gasteiger partial charge is 0.324 e. The van der Waals surface area contributed by atoms with Crippen molar-refractivity contribution in [3.05, 3.63) is 67.1 Å². The van der Waals surface area contributed by atoms with Gasteiger partial charge >= 0.3 is 6.03 Å². The van der Waals surface area contributed by atoms with Gasteiger partial charge in [0.25, 0.3) is 0 Å². The predicted molar refractivity (Wildman–Crippen MR) is 93.1 cm³/mol. The maximum Gasteiger partial charge on any atom is 0.324 e. The number of hydrogen-bond acceptors (Lipinski definition) is 4. The van der Waals surface area contributed by atoms with E-state index in [0.29, 0.717) is 11.5 Å². The molecule has 0 bridgehead atoms. The molecule has 1 aromatic heterocycles. The highest BCUT2D eigenvalue weighted by Crippen LogP contribution is 2.29. The van der Waals surface area contributed by atoms with Crippen molar-refractivity contribution in [3.63, 3.8) is 0 Å². The number of ether oxygens (including phenoxy) is 1. The Morgan fingerprint density at radius 1 is 1.00 bits per heavy atom. The highest BCUT2D eigenvalue weighted by Gasteiger charge is 2.09. The summed E-state index contributed by atoms with van der Waals surface area (Å²) in [6.07, 6.45) is 4.54. The van der Waals surface area contributed by atoms with Crippen LogP contribution in [0.5, 0.6) is 5.75 Å². The van der Waals surface area contributed by atoms with Crippen molar-refractivity contribution in [2.24, 2.45) is 0 Å². The summed E-state index contributed by atoms with van der Waals surface area (Å²) in [5.74, 6) is 1.17. The number of carbonyl (C=O) groups is 1. The molecule has 0 aliphatic carbocycles. The van der Waals surface area contributed by atoms with E-state index in [1.165, 1.54) is 12.4 Å². The third-order valence-corrected chi connectivity index (χ3v) is 3.38. The first-order chi connectivity index (χ1) is 11.8. The lowest BCUT2D eigenvalue weighted by Crippen LogP contribution is -2.20. The van der Waals surface area contributed by atoms with E-state index in [-0.39, 0.29) is 6.03 Å². The number of methoxy groups -OCH3 is 1. The van der Waals surface area contributed by atoms with Gasteiger partial charge in [-0.25, -0.2) is 9.78 Å². The average Bonchev–Trinajstić information content (AvgIpc) is 2.63. The summed E-state index contributed by atoms with van der Waals surface area (Å²) in [6, 6.07) is 14.8. The van der Waals surface area contributed by atoms with Crippen LogP contribution in [-0.4, -0.2) is 23.1 Å². The van der Waals surface area contributed by atoms with Crippen LogP contribution in [0, 0.1) is 0 Å². The molecule has 6 nitrogen and oxygen atoms in total. The second kappa shape index (κ2) is 7.23. The van der Waals surface area contributed by atoms with Crippen LogP contribution in [0.15, 0.2) is 67.1 Å². The van der Waals surface area contributed by atoms with Crippen molar-refractivity contribution in [2.75, 3.05) is 17.7 Å². The fraction of sp³-hybridized carbons (Fsp3) is 0.0556. The summed E-state index contributed by atoms with van der Waals surface area (Å²) >= 11 is 0. The molecule has 0 unspecified atom stereocenters. The fourth-order valence-electron chi connectivity index (χ4n) is 2.25. The summed E-state index contributed by atoms with van der Waals surface area (Å²) < 4.78 is 5.17. The van der Waals surface area contributed by atoms with E-state index in [1.54, 1.807) is 13.3 Å². The molecule has 120 valence electrons. The maximum atomic E-state index is 12.2. The Morgan fingerprint density at radius 2 is 1.79 bits per heavy atom. The minimum absolute atomic E-state index is 0.378. The standard InChI is InChI=1S/C18H16N4O2/c1-24-14-8-6-13(7-9-14)15-4-2-3-5-16(15)21-18(23)22-17-12-19-10-11-20-17/h2-12H,1H3,(H2,20,21,22,23). The number of anilines is 2. The highest BCUT2D eigenvalue weighted by molar-refractivity contribution is 6.01. The first kappa shape index (κ1) is 15.5. The molecule has 2 aromatic carbocycles. The van der Waals surface area contributed by atoms with Gasteiger partial charge in [0.15, 0.2) is 5.82 Å². The molecule has 0 aliphatic heterocycles. The molecule has 2 amide bonds. The van der Waals surface area contributed by atoms with Crippen LogP contribution in [0.25, 0.3) is 11.1 Å². The lowest BCUT2D eigenvalue weighted by molar-refractivity contribution is 0.262. The second-order valence-corrected chi connectivity index (χ2v) is 4.94. The van der Waals surface area contributed by atoms with E-state index in [4.69, 9.17) is 4.74 Å². The van der Waals surface area contributed by atoms with Gasteiger partial charge in [-0.15, -0.1) is 0 Å². The lowest BCUT2D eigenvalue weighted by Gasteiger charge is -2.12. The first-order valence-corrected chi connectivity index (χ1v) is 7.34. The van der Waals surface area contributed by atoms with Gasteiger partial charge in [-0.3, -0.25) is 10.3 Å². The summed E-state index contributed by atoms with van der Waals surface area (Å²) in [7, 11) is 1.63. The van der Waals surface area contributed by atoms with E-state index in [1.807, 2.05) is 48.5 Å². The molecular weight excluding hydrogens is 304 g/mol. The molecule has 0 spiro atoms. The average molecular weight is 320 g/mol. The van der Waals surface area contributed by atoms with Crippen LogP contribution < -0.4 is 15.4 Å². The quantitative estimate of drug-likeness (QED) is 0.766. The van der Waals surface area contributed by atoms with Crippen LogP contribution in [-0.2, 0) is 0 Å². The van der Waals surface area contributed by atoms with Gasteiger partial charge in [-0.1, -0.05) is 30.3 Å². The molecule has 0 saturated carbocycles. The number of nitrogens with one attached hydrogen (secondary N) is 2. The van der Waals surface area contributed by atoms with Gasteiger partial charge in [0.05, 0.1) is 19.0 Å². The molecule has 0 atom stereocenters. The van der Waals surface area contributed by atoms with Crippen LogP contribution in [0.2, 0.25) is 0 Å². The minimum Gasteiger partial charge on any atom is -0.497 e. The van der Waals surface area contributed by atoms with Crippen molar-refractivity contribution in [3.8, 4) is 16.9 Å². The van der Waals surface area contributed by atoms with E-state index < -0.39 is 0 Å². The number of para-hydroxylation sites is 1. The first-order valence-electron chi connectivity index (χ1n) is 7.34. The molecule has 3 rings (SSSR count). The molecule has 6 heteroatoms. The molecule has 24 heavy (non-hydrogen) atoms. The SMILES string of the molecule is COc1ccc(-c2ccccc2NC(=O)Nc2cnccn2)cc1. The zero-order chi connectivity index (χ0) is 16.8. The molecule has 0 fully saturated rings. The lowest BCUT2D eigenvalue weighted by atomic mass is 10.0. The summed E-state index contributed by atoms with van der Waals surface area (Å²) in [6.45, 7) is 0. The summed E-state index contributed by atoms with van der Waals surface area (Å²) in [4.78, 5) is 20.1. The largest absolute Gasteiger partial charge is 0.497 e. The van der Waals surface area contributed by atoms with Crippen molar-refractivity contribution in [1.82, 2.24) is 9.97 Å². The van der Waals surface area contributed by atoms with E-state index in [9.17, 15) is 4.79 Å². The normalized spacial score (nSPS) is 10.0. The number of amides is 2. The fourth-order valence-corrected chi connectivity index (χ4v) is 2.25. The molecule has 3 aromatic rings. The topological polar surface area (TPSA) is 76.1 Å². The van der Waals surface area contributed by atoms with Gasteiger partial charge in [0.2, 0.25) is 0 Å². The molecule has 2 N–H and O–H groups in total. The Bertz CT molecular complexity index is 820. The molecule has 0 aliphatic rings. The number of carbonyl (C=O) groups excluding carboxylic acids is 1. The van der Waals surface area contributed by atoms with E-state index in [0.717, 1.165) is 16.9 Å². The van der Waals surface area contributed by atoms with Crippen molar-refractivity contribution in [2.45, 2.75) is 0 Å². The molecule has 0 saturated heterocycles. The maximum absolute atomic E-state index is 12.2. The van der Waals surface area contributed by atoms with Gasteiger partial charge in [-0.05, 0) is 23.8 Å². The Labute approximate surface area is 139 Å². The van der Waals surface area contributed by atoms with Gasteiger partial charge < -0.3 is 10.1 Å². The number of urea groups is 1. The van der Waals surface area contributed by atoms with Gasteiger partial charge in [-0.2, -0.15) is 0 Å². The zero-order valence-corrected chi connectivity index (χ0v) is 13.1. The third-order valence-electron chi connectivity index (χ3n) is 3.38. The van der Waals surface area contributed by atoms with Gasteiger partial charge in [0.1, 0.15) is 5.75 Å². The van der Waals surface area contributed by atoms with Crippen molar-refractivity contribution >= 4 is 17.5 Å². The van der Waals surface area contributed by atoms with E-state index >= 15 is 0 Å². The Morgan fingerprint density at radius 3 is 2.50 bits per heavy atom. The number of nitrogens with zero attached hydrogens (tertiary/aromatic N) is 2. The summed E-state index contributed by atoms with van der Waals surface area (Å²) in [5.41, 5.74) is 2.59. The predicted octanol–water partition coefficient (Wildman–Crippen LogP) is 3.80. The number of hydrogen-bond donors (Lipinski definition) is 2. The third kappa shape index (κ3) is 3.67. The minimum atomic E-state index is -0.378. The van der Waals surface area contributed by atoms with Crippen LogP contribution in [0.4, 0.5) is 16.3 Å². The zero-order valence-electron chi connectivity index (χ0n) is 13.1.